The molecule has 1 aromatic carbocycles. The maximum absolute atomic E-state index is 4.19. The largest absolute Gasteiger partial charge is 0.256 e. The second-order valence-electron chi connectivity index (χ2n) is 2.72. The highest BCUT2D eigenvalue weighted by Gasteiger charge is 2.08. The van der Waals surface area contributed by atoms with Gasteiger partial charge in [0, 0.05) is 17.3 Å². The van der Waals surface area contributed by atoms with Gasteiger partial charge < -0.3 is 0 Å². The quantitative estimate of drug-likeness (QED) is 0.515. The van der Waals surface area contributed by atoms with E-state index < -0.39 is 0 Å². The van der Waals surface area contributed by atoms with Crippen molar-refractivity contribution in [2.75, 3.05) is 0 Å². The summed E-state index contributed by atoms with van der Waals surface area (Å²) < 4.78 is 0. The molecule has 0 spiro atoms. The lowest BCUT2D eigenvalue weighted by atomic mass is 10.1. The zero-order valence-electron chi connectivity index (χ0n) is 6.23. The fraction of sp³-hybridized carbons (Fsp3) is 0. The van der Waals surface area contributed by atoms with Crippen LogP contribution in [0.5, 0.6) is 0 Å². The Kier molecular flexibility index (Phi) is 0.913. The molecule has 3 heteroatoms. The van der Waals surface area contributed by atoms with Crippen molar-refractivity contribution in [3.8, 4) is 0 Å². The molecule has 0 aliphatic carbocycles. The standard InChI is InChI=1S/C9H5N3/c1-2-9-7(5-11-12-9)6-3-4-10-8(1)6/h1-5H. The summed E-state index contributed by atoms with van der Waals surface area (Å²) in [6.07, 6.45) is 5.57. The van der Waals surface area contributed by atoms with Crippen LogP contribution in [0, 0.1) is 0 Å². The van der Waals surface area contributed by atoms with Crippen molar-refractivity contribution in [2.45, 2.75) is 0 Å². The number of benzene rings is 1. The molecule has 0 atom stereocenters. The van der Waals surface area contributed by atoms with E-state index in [1.54, 1.807) is 12.4 Å². The van der Waals surface area contributed by atoms with E-state index in [0.29, 0.717) is 0 Å². The van der Waals surface area contributed by atoms with Crippen molar-refractivity contribution in [1.29, 1.82) is 0 Å². The van der Waals surface area contributed by atoms with E-state index in [-0.39, 0.29) is 0 Å². The summed E-state index contributed by atoms with van der Waals surface area (Å²) in [5, 5.41) is 9.78. The van der Waals surface area contributed by atoms with Gasteiger partial charge in [-0.2, -0.15) is 10.2 Å². The van der Waals surface area contributed by atoms with Crippen LogP contribution in [0.25, 0.3) is 6.08 Å². The summed E-state index contributed by atoms with van der Waals surface area (Å²) in [5.74, 6) is 0. The Bertz CT molecular complexity index is 474. The third kappa shape index (κ3) is 0.580. The Morgan fingerprint density at radius 2 is 1.92 bits per heavy atom. The lowest BCUT2D eigenvalue weighted by Gasteiger charge is -1.92. The summed E-state index contributed by atoms with van der Waals surface area (Å²) in [6, 6.07) is 3.91. The molecule has 3 nitrogen and oxygen atoms in total. The first-order chi connectivity index (χ1) is 5.95. The topological polar surface area (TPSA) is 37.1 Å². The van der Waals surface area contributed by atoms with Crippen LogP contribution in [0.15, 0.2) is 33.5 Å². The van der Waals surface area contributed by atoms with Gasteiger partial charge in [0.1, 0.15) is 0 Å². The van der Waals surface area contributed by atoms with Gasteiger partial charge in [-0.15, -0.1) is 0 Å². The predicted octanol–water partition coefficient (Wildman–Crippen LogP) is 0.258. The molecule has 3 rings (SSSR count). The molecular formula is C9H5N3. The van der Waals surface area contributed by atoms with Gasteiger partial charge in [0.15, 0.2) is 0 Å². The van der Waals surface area contributed by atoms with Crippen LogP contribution in [0.4, 0.5) is 0 Å². The summed E-state index contributed by atoms with van der Waals surface area (Å²) >= 11 is 0. The molecule has 2 aliphatic heterocycles. The van der Waals surface area contributed by atoms with Gasteiger partial charge in [-0.25, -0.2) is 0 Å². The van der Waals surface area contributed by atoms with E-state index in [2.05, 4.69) is 15.2 Å². The Morgan fingerprint density at radius 1 is 1.00 bits per heavy atom. The minimum Gasteiger partial charge on any atom is -0.256 e. The number of hydrogen-bond donors (Lipinski definition) is 0. The third-order valence-corrected chi connectivity index (χ3v) is 2.05. The van der Waals surface area contributed by atoms with Gasteiger partial charge >= 0.3 is 0 Å². The van der Waals surface area contributed by atoms with Crippen molar-refractivity contribution in [3.63, 3.8) is 0 Å². The highest BCUT2D eigenvalue weighted by atomic mass is 15.2. The van der Waals surface area contributed by atoms with Gasteiger partial charge in [0.2, 0.25) is 0 Å². The molecule has 0 amide bonds. The molecule has 0 saturated carbocycles. The van der Waals surface area contributed by atoms with Crippen LogP contribution in [-0.4, -0.2) is 6.21 Å². The Morgan fingerprint density at radius 3 is 2.92 bits per heavy atom. The van der Waals surface area contributed by atoms with Crippen LogP contribution in [-0.2, 0) is 0 Å². The first kappa shape index (κ1) is 5.83. The summed E-state index contributed by atoms with van der Waals surface area (Å²) in [4.78, 5) is 4.19. The Balaban J connectivity index is 2.57. The molecule has 0 radical (unpaired) electrons. The molecule has 0 saturated heterocycles. The van der Waals surface area contributed by atoms with Gasteiger partial charge in [0.25, 0.3) is 0 Å². The van der Waals surface area contributed by atoms with Crippen molar-refractivity contribution < 1.29 is 0 Å². The van der Waals surface area contributed by atoms with Crippen molar-refractivity contribution in [2.24, 2.45) is 15.2 Å². The van der Waals surface area contributed by atoms with E-state index in [9.17, 15) is 0 Å². The Labute approximate surface area is 68.5 Å². The second-order valence-corrected chi connectivity index (χ2v) is 2.72. The number of rotatable bonds is 0. The summed E-state index contributed by atoms with van der Waals surface area (Å²) in [6.45, 7) is 0. The van der Waals surface area contributed by atoms with Crippen LogP contribution in [0.2, 0.25) is 0 Å². The van der Waals surface area contributed by atoms with E-state index in [0.717, 1.165) is 21.8 Å². The van der Waals surface area contributed by atoms with Crippen LogP contribution >= 0.6 is 0 Å². The number of hydrogen-bond acceptors (Lipinski definition) is 3. The SMILES string of the molecule is C1=Cc2c3c(ccc2=N1)=NN=C3. The first-order valence-corrected chi connectivity index (χ1v) is 3.73. The molecule has 2 heterocycles. The molecule has 0 unspecified atom stereocenters. The second kappa shape index (κ2) is 1.88. The maximum Gasteiger partial charge on any atom is 0.0952 e. The minimum atomic E-state index is 0.940. The van der Waals surface area contributed by atoms with Gasteiger partial charge in [-0.05, 0) is 18.2 Å². The maximum atomic E-state index is 4.19. The molecule has 0 aromatic heterocycles. The third-order valence-electron chi connectivity index (χ3n) is 2.05. The van der Waals surface area contributed by atoms with Crippen molar-refractivity contribution >= 4 is 12.3 Å². The zero-order chi connectivity index (χ0) is 7.97. The molecule has 56 valence electrons. The fourth-order valence-corrected chi connectivity index (χ4v) is 1.46. The normalized spacial score (nSPS) is 15.3. The summed E-state index contributed by atoms with van der Waals surface area (Å²) in [5.41, 5.74) is 2.22. The van der Waals surface area contributed by atoms with Gasteiger partial charge in [-0.3, -0.25) is 4.99 Å². The van der Waals surface area contributed by atoms with Crippen LogP contribution in [0.3, 0.4) is 0 Å². The highest BCUT2D eigenvalue weighted by molar-refractivity contribution is 5.86. The van der Waals surface area contributed by atoms with Gasteiger partial charge in [-0.1, -0.05) is 0 Å². The summed E-state index contributed by atoms with van der Waals surface area (Å²) in [7, 11) is 0. The number of fused-ring (bicyclic) bond motifs is 3. The van der Waals surface area contributed by atoms with E-state index in [1.807, 2.05) is 18.2 Å². The van der Waals surface area contributed by atoms with E-state index >= 15 is 0 Å². The zero-order valence-corrected chi connectivity index (χ0v) is 6.23. The Hall–Kier alpha value is -1.77. The minimum absolute atomic E-state index is 0.940. The lowest BCUT2D eigenvalue weighted by Crippen LogP contribution is -2.15. The number of nitrogens with zero attached hydrogens (tertiary/aromatic N) is 3. The smallest absolute Gasteiger partial charge is 0.0952 e. The molecule has 1 aromatic rings. The predicted molar refractivity (Wildman–Crippen MR) is 45.4 cm³/mol. The molecule has 2 aliphatic rings. The molecule has 0 bridgehead atoms. The van der Waals surface area contributed by atoms with Crippen LogP contribution in [0.1, 0.15) is 11.1 Å². The average molecular weight is 155 g/mol. The molecular weight excluding hydrogens is 150 g/mol. The van der Waals surface area contributed by atoms with Crippen molar-refractivity contribution in [1.82, 2.24) is 0 Å². The van der Waals surface area contributed by atoms with Gasteiger partial charge in [0.05, 0.1) is 16.9 Å². The first-order valence-electron chi connectivity index (χ1n) is 3.73. The molecule has 0 fully saturated rings. The average Bonchev–Trinajstić information content (AvgIpc) is 2.71. The van der Waals surface area contributed by atoms with E-state index in [4.69, 9.17) is 0 Å². The lowest BCUT2D eigenvalue weighted by molar-refractivity contribution is 1.17. The monoisotopic (exact) mass is 155 g/mol. The van der Waals surface area contributed by atoms with Crippen molar-refractivity contribution in [3.05, 3.63) is 40.2 Å². The molecule has 12 heavy (non-hydrogen) atoms. The van der Waals surface area contributed by atoms with E-state index in [1.165, 1.54) is 0 Å². The highest BCUT2D eigenvalue weighted by Crippen LogP contribution is 2.05. The van der Waals surface area contributed by atoms with Crippen LogP contribution < -0.4 is 10.7 Å². The molecule has 0 N–H and O–H groups in total. The fourth-order valence-electron chi connectivity index (χ4n) is 1.46.